The van der Waals surface area contributed by atoms with Crippen molar-refractivity contribution in [2.75, 3.05) is 0 Å². The third-order valence-corrected chi connectivity index (χ3v) is 3.99. The van der Waals surface area contributed by atoms with E-state index in [2.05, 4.69) is 36.5 Å². The highest BCUT2D eigenvalue weighted by molar-refractivity contribution is 5.98. The minimum absolute atomic E-state index is 0.212. The predicted octanol–water partition coefficient (Wildman–Crippen LogP) is 4.73. The van der Waals surface area contributed by atoms with Crippen molar-refractivity contribution in [3.63, 3.8) is 0 Å². The SMILES string of the molecule is CC(C)c1ccc(C=NNC(=O)c2ccc3ccccc3c2)cc1. The van der Waals surface area contributed by atoms with Crippen LogP contribution in [0, 0.1) is 0 Å². The summed E-state index contributed by atoms with van der Waals surface area (Å²) in [6.07, 6.45) is 1.66. The highest BCUT2D eigenvalue weighted by Gasteiger charge is 2.05. The summed E-state index contributed by atoms with van der Waals surface area (Å²) in [7, 11) is 0. The fraction of sp³-hybridized carbons (Fsp3) is 0.143. The van der Waals surface area contributed by atoms with Crippen LogP contribution in [-0.2, 0) is 0 Å². The van der Waals surface area contributed by atoms with Gasteiger partial charge >= 0.3 is 0 Å². The van der Waals surface area contributed by atoms with Crippen LogP contribution >= 0.6 is 0 Å². The molecule has 0 aliphatic carbocycles. The molecular weight excluding hydrogens is 296 g/mol. The van der Waals surface area contributed by atoms with Crippen LogP contribution < -0.4 is 5.43 Å². The van der Waals surface area contributed by atoms with Crippen molar-refractivity contribution < 1.29 is 4.79 Å². The predicted molar refractivity (Wildman–Crippen MR) is 99.5 cm³/mol. The topological polar surface area (TPSA) is 41.5 Å². The maximum Gasteiger partial charge on any atom is 0.271 e. The summed E-state index contributed by atoms with van der Waals surface area (Å²) < 4.78 is 0. The number of carbonyl (C=O) groups excluding carboxylic acids is 1. The van der Waals surface area contributed by atoms with Crippen LogP contribution in [0.2, 0.25) is 0 Å². The van der Waals surface area contributed by atoms with E-state index in [0.717, 1.165) is 16.3 Å². The number of amides is 1. The van der Waals surface area contributed by atoms with E-state index >= 15 is 0 Å². The summed E-state index contributed by atoms with van der Waals surface area (Å²) >= 11 is 0. The van der Waals surface area contributed by atoms with E-state index in [9.17, 15) is 4.79 Å². The summed E-state index contributed by atoms with van der Waals surface area (Å²) in [4.78, 5) is 12.2. The Balaban J connectivity index is 1.67. The second-order valence-electron chi connectivity index (χ2n) is 6.08. The Morgan fingerprint density at radius 3 is 2.38 bits per heavy atom. The smallest absolute Gasteiger partial charge is 0.267 e. The Morgan fingerprint density at radius 1 is 0.958 bits per heavy atom. The summed E-state index contributed by atoms with van der Waals surface area (Å²) in [5.74, 6) is 0.291. The second-order valence-corrected chi connectivity index (χ2v) is 6.08. The Bertz CT molecular complexity index is 880. The zero-order valence-corrected chi connectivity index (χ0v) is 13.9. The van der Waals surface area contributed by atoms with Gasteiger partial charge in [-0.25, -0.2) is 5.43 Å². The van der Waals surface area contributed by atoms with Gasteiger partial charge in [0.2, 0.25) is 0 Å². The van der Waals surface area contributed by atoms with Gasteiger partial charge in [0.15, 0.2) is 0 Å². The lowest BCUT2D eigenvalue weighted by Crippen LogP contribution is -2.17. The minimum Gasteiger partial charge on any atom is -0.267 e. The summed E-state index contributed by atoms with van der Waals surface area (Å²) in [6.45, 7) is 4.32. The Labute approximate surface area is 142 Å². The van der Waals surface area contributed by atoms with Gasteiger partial charge in [-0.05, 0) is 39.9 Å². The standard InChI is InChI=1S/C21H20N2O/c1-15(2)17-9-7-16(8-10-17)14-22-23-21(24)20-12-11-18-5-3-4-6-19(18)13-20/h3-15H,1-2H3,(H,23,24). The number of rotatable bonds is 4. The summed E-state index contributed by atoms with van der Waals surface area (Å²) in [5.41, 5.74) is 5.42. The van der Waals surface area contributed by atoms with Gasteiger partial charge in [-0.3, -0.25) is 4.79 Å². The number of hydrogen-bond donors (Lipinski definition) is 1. The molecule has 1 N–H and O–H groups in total. The third kappa shape index (κ3) is 3.69. The lowest BCUT2D eigenvalue weighted by atomic mass is 10.0. The number of hydrazone groups is 1. The molecule has 1 amide bonds. The van der Waals surface area contributed by atoms with Crippen molar-refractivity contribution in [2.24, 2.45) is 5.10 Å². The first-order valence-corrected chi connectivity index (χ1v) is 8.05. The first kappa shape index (κ1) is 15.9. The van der Waals surface area contributed by atoms with E-state index in [4.69, 9.17) is 0 Å². The van der Waals surface area contributed by atoms with Crippen LogP contribution in [0.4, 0.5) is 0 Å². The molecule has 0 unspecified atom stereocenters. The Morgan fingerprint density at radius 2 is 1.67 bits per heavy atom. The first-order chi connectivity index (χ1) is 11.6. The molecule has 0 aliphatic heterocycles. The fourth-order valence-corrected chi connectivity index (χ4v) is 2.53. The minimum atomic E-state index is -0.212. The molecule has 0 bridgehead atoms. The Hall–Kier alpha value is -2.94. The zero-order valence-electron chi connectivity index (χ0n) is 13.9. The Kier molecular flexibility index (Phi) is 4.71. The van der Waals surface area contributed by atoms with Crippen molar-refractivity contribution in [1.29, 1.82) is 0 Å². The number of nitrogens with one attached hydrogen (secondary N) is 1. The van der Waals surface area contributed by atoms with Crippen LogP contribution in [-0.4, -0.2) is 12.1 Å². The van der Waals surface area contributed by atoms with Crippen LogP contribution in [0.5, 0.6) is 0 Å². The molecule has 0 radical (unpaired) electrons. The van der Waals surface area contributed by atoms with Crippen LogP contribution in [0.3, 0.4) is 0 Å². The molecule has 0 atom stereocenters. The van der Waals surface area contributed by atoms with Crippen molar-refractivity contribution in [2.45, 2.75) is 19.8 Å². The quantitative estimate of drug-likeness (QED) is 0.549. The fourth-order valence-electron chi connectivity index (χ4n) is 2.53. The molecular formula is C21H20N2O. The van der Waals surface area contributed by atoms with E-state index in [1.165, 1.54) is 5.56 Å². The summed E-state index contributed by atoms with van der Waals surface area (Å²) in [5, 5.41) is 6.20. The molecule has 0 spiro atoms. The van der Waals surface area contributed by atoms with Gasteiger partial charge in [0.05, 0.1) is 6.21 Å². The highest BCUT2D eigenvalue weighted by Crippen LogP contribution is 2.16. The van der Waals surface area contributed by atoms with Gasteiger partial charge in [-0.2, -0.15) is 5.10 Å². The highest BCUT2D eigenvalue weighted by atomic mass is 16.2. The molecule has 0 heterocycles. The lowest BCUT2D eigenvalue weighted by molar-refractivity contribution is 0.0955. The molecule has 24 heavy (non-hydrogen) atoms. The monoisotopic (exact) mass is 316 g/mol. The number of carbonyl (C=O) groups is 1. The van der Waals surface area contributed by atoms with E-state index in [-0.39, 0.29) is 5.91 Å². The van der Waals surface area contributed by atoms with Crippen molar-refractivity contribution in [3.05, 3.63) is 83.4 Å². The molecule has 3 aromatic carbocycles. The van der Waals surface area contributed by atoms with E-state index in [1.54, 1.807) is 6.21 Å². The molecule has 3 rings (SSSR count). The van der Waals surface area contributed by atoms with Crippen molar-refractivity contribution in [1.82, 2.24) is 5.43 Å². The first-order valence-electron chi connectivity index (χ1n) is 8.05. The number of benzene rings is 3. The van der Waals surface area contributed by atoms with E-state index in [0.29, 0.717) is 11.5 Å². The van der Waals surface area contributed by atoms with E-state index < -0.39 is 0 Å². The molecule has 3 heteroatoms. The van der Waals surface area contributed by atoms with Gasteiger partial charge < -0.3 is 0 Å². The summed E-state index contributed by atoms with van der Waals surface area (Å²) in [6, 6.07) is 21.7. The van der Waals surface area contributed by atoms with Gasteiger partial charge in [0, 0.05) is 5.56 Å². The largest absolute Gasteiger partial charge is 0.271 e. The zero-order chi connectivity index (χ0) is 16.9. The van der Waals surface area contributed by atoms with Crippen LogP contribution in [0.1, 0.15) is 41.3 Å². The molecule has 0 fully saturated rings. The molecule has 0 aliphatic rings. The van der Waals surface area contributed by atoms with Crippen LogP contribution in [0.15, 0.2) is 71.8 Å². The molecule has 0 aromatic heterocycles. The van der Waals surface area contributed by atoms with Crippen LogP contribution in [0.25, 0.3) is 10.8 Å². The maximum atomic E-state index is 12.2. The number of hydrogen-bond acceptors (Lipinski definition) is 2. The molecule has 120 valence electrons. The molecule has 3 aromatic rings. The molecule has 3 nitrogen and oxygen atoms in total. The lowest BCUT2D eigenvalue weighted by Gasteiger charge is -2.04. The average Bonchev–Trinajstić information content (AvgIpc) is 2.61. The molecule has 0 saturated carbocycles. The normalized spacial score (nSPS) is 11.3. The third-order valence-electron chi connectivity index (χ3n) is 3.99. The van der Waals surface area contributed by atoms with Crippen molar-refractivity contribution in [3.8, 4) is 0 Å². The van der Waals surface area contributed by atoms with E-state index in [1.807, 2.05) is 54.6 Å². The average molecular weight is 316 g/mol. The maximum absolute atomic E-state index is 12.2. The van der Waals surface area contributed by atoms with Gasteiger partial charge in [-0.15, -0.1) is 0 Å². The van der Waals surface area contributed by atoms with Crippen molar-refractivity contribution >= 4 is 22.9 Å². The van der Waals surface area contributed by atoms with Gasteiger partial charge in [0.25, 0.3) is 5.91 Å². The molecule has 0 saturated heterocycles. The number of nitrogens with zero attached hydrogens (tertiary/aromatic N) is 1. The second kappa shape index (κ2) is 7.09. The number of fused-ring (bicyclic) bond motifs is 1. The van der Waals surface area contributed by atoms with Gasteiger partial charge in [-0.1, -0.05) is 68.4 Å². The van der Waals surface area contributed by atoms with Gasteiger partial charge in [0.1, 0.15) is 0 Å².